The maximum Gasteiger partial charge on any atom is 0.328 e. The van der Waals surface area contributed by atoms with E-state index in [-0.39, 0.29) is 100 Å². The normalized spacial score (nSPS) is 17.7. The molecule has 1 heterocycles. The summed E-state index contributed by atoms with van der Waals surface area (Å²) in [5, 5.41) is 20.7. The Bertz CT molecular complexity index is 2050. The van der Waals surface area contributed by atoms with E-state index in [2.05, 4.69) is 21.3 Å². The molecule has 1 aromatic rings. The molecule has 6 amide bonds. The molecule has 1 aliphatic rings. The predicted octanol–water partition coefficient (Wildman–Crippen LogP) is 3.39. The lowest BCUT2D eigenvalue weighted by Crippen LogP contribution is -2.59. The molecule has 2 rings (SSSR count). The van der Waals surface area contributed by atoms with E-state index < -0.39 is 96.4 Å². The number of hydrogen-bond donors (Lipinski definition) is 5. The molecule has 0 spiro atoms. The predicted molar refractivity (Wildman–Crippen MR) is 301 cm³/mol. The van der Waals surface area contributed by atoms with Crippen molar-refractivity contribution >= 4 is 47.4 Å². The molecule has 1 aliphatic heterocycles. The number of likely N-dealkylation sites (N-methyl/N-ethyl adjacent to an activating group) is 2. The number of aliphatic hydroxyl groups is 1. The SMILES string of the molecule is CCC(CO)OC(COC(=O)CCCC(=O)N[C@H](C)C(=O)OCCCNC(=O)[C@H](Cc1ccccc1)NC(=O)[C@H](C)[C@@H](OC)[C@@H]1CCCN1C(=O)C[C@@H](OC)[C@H]([C@@H](C)CC)N(C)C(=O)[C@@H](NC(=O)[C@H](C(C)C)N(C)C)C(C)C)OC. The molecule has 1 fully saturated rings. The van der Waals surface area contributed by atoms with Crippen LogP contribution in [0.4, 0.5) is 0 Å². The van der Waals surface area contributed by atoms with Gasteiger partial charge >= 0.3 is 11.9 Å². The Labute approximate surface area is 476 Å². The van der Waals surface area contributed by atoms with Crippen molar-refractivity contribution in [3.63, 3.8) is 0 Å². The molecular weight excluding hydrogens is 1030 g/mol. The largest absolute Gasteiger partial charge is 0.464 e. The molecule has 12 atom stereocenters. The van der Waals surface area contributed by atoms with Crippen LogP contribution >= 0.6 is 0 Å². The second kappa shape index (κ2) is 37.0. The van der Waals surface area contributed by atoms with Crippen LogP contribution in [0.2, 0.25) is 0 Å². The van der Waals surface area contributed by atoms with Gasteiger partial charge in [0.1, 0.15) is 24.7 Å². The maximum absolute atomic E-state index is 14.5. The van der Waals surface area contributed by atoms with E-state index in [1.807, 2.05) is 97.8 Å². The van der Waals surface area contributed by atoms with Crippen molar-refractivity contribution in [3.05, 3.63) is 35.9 Å². The number of nitrogens with zero attached hydrogens (tertiary/aromatic N) is 3. The zero-order valence-corrected chi connectivity index (χ0v) is 50.6. The fourth-order valence-corrected chi connectivity index (χ4v) is 10.1. The van der Waals surface area contributed by atoms with E-state index >= 15 is 0 Å². The summed E-state index contributed by atoms with van der Waals surface area (Å²) in [6.45, 7) is 16.8. The number of likely N-dealkylation sites (tertiary alicyclic amines) is 1. The quantitative estimate of drug-likeness (QED) is 0.0361. The summed E-state index contributed by atoms with van der Waals surface area (Å²) < 4.78 is 33.3. The van der Waals surface area contributed by atoms with Crippen LogP contribution in [0.1, 0.15) is 126 Å². The number of hydrogen-bond acceptors (Lipinski definition) is 16. The molecule has 22 nitrogen and oxygen atoms in total. The number of carbonyl (C=O) groups is 8. The van der Waals surface area contributed by atoms with Gasteiger partial charge in [-0.2, -0.15) is 0 Å². The first-order valence-corrected chi connectivity index (χ1v) is 28.5. The van der Waals surface area contributed by atoms with Crippen molar-refractivity contribution in [3.8, 4) is 0 Å². The Kier molecular flexibility index (Phi) is 32.7. The van der Waals surface area contributed by atoms with Gasteiger partial charge in [-0.25, -0.2) is 4.79 Å². The van der Waals surface area contributed by atoms with Crippen LogP contribution in [-0.4, -0.2) is 203 Å². The molecule has 2 unspecified atom stereocenters. The Morgan fingerprint density at radius 2 is 1.45 bits per heavy atom. The van der Waals surface area contributed by atoms with Crippen LogP contribution in [-0.2, 0) is 73.2 Å². The first-order chi connectivity index (χ1) is 37.9. The van der Waals surface area contributed by atoms with Crippen LogP contribution in [0.3, 0.4) is 0 Å². The van der Waals surface area contributed by atoms with Gasteiger partial charge < -0.3 is 64.6 Å². The lowest BCUT2D eigenvalue weighted by Gasteiger charge is -2.41. The van der Waals surface area contributed by atoms with E-state index in [9.17, 15) is 43.5 Å². The number of amides is 6. The van der Waals surface area contributed by atoms with Crippen molar-refractivity contribution in [2.45, 2.75) is 187 Å². The molecular formula is C58H99N7O15. The summed E-state index contributed by atoms with van der Waals surface area (Å²) >= 11 is 0. The van der Waals surface area contributed by atoms with Gasteiger partial charge in [0.25, 0.3) is 0 Å². The molecule has 80 heavy (non-hydrogen) atoms. The number of esters is 2. The van der Waals surface area contributed by atoms with Crippen LogP contribution in [0.5, 0.6) is 0 Å². The fraction of sp³-hybridized carbons (Fsp3) is 0.759. The number of aliphatic hydroxyl groups excluding tert-OH is 1. The number of rotatable bonds is 38. The Morgan fingerprint density at radius 3 is 2.01 bits per heavy atom. The van der Waals surface area contributed by atoms with Gasteiger partial charge in [0.15, 0.2) is 6.29 Å². The molecule has 0 radical (unpaired) electrons. The highest BCUT2D eigenvalue weighted by atomic mass is 16.7. The van der Waals surface area contributed by atoms with Gasteiger partial charge in [0.05, 0.1) is 62.0 Å². The van der Waals surface area contributed by atoms with Crippen LogP contribution in [0.25, 0.3) is 0 Å². The Morgan fingerprint density at radius 1 is 0.775 bits per heavy atom. The third kappa shape index (κ3) is 22.9. The summed E-state index contributed by atoms with van der Waals surface area (Å²) in [5.74, 6) is -4.48. The molecule has 0 aliphatic carbocycles. The van der Waals surface area contributed by atoms with E-state index in [1.54, 1.807) is 23.8 Å². The highest BCUT2D eigenvalue weighted by molar-refractivity contribution is 5.91. The zero-order valence-electron chi connectivity index (χ0n) is 50.6. The van der Waals surface area contributed by atoms with Crippen molar-refractivity contribution in [1.82, 2.24) is 36.0 Å². The molecule has 0 bridgehead atoms. The number of benzene rings is 1. The molecule has 5 N–H and O–H groups in total. The minimum absolute atomic E-state index is 0.00492. The van der Waals surface area contributed by atoms with Crippen molar-refractivity contribution in [1.29, 1.82) is 0 Å². The lowest BCUT2D eigenvalue weighted by atomic mass is 9.89. The van der Waals surface area contributed by atoms with Crippen molar-refractivity contribution < 1.29 is 71.9 Å². The molecule has 1 aromatic carbocycles. The van der Waals surface area contributed by atoms with Gasteiger partial charge in [0, 0.05) is 60.7 Å². The summed E-state index contributed by atoms with van der Waals surface area (Å²) in [6, 6.07) is 4.97. The minimum atomic E-state index is -1.000. The first kappa shape index (κ1) is 70.8. The smallest absolute Gasteiger partial charge is 0.328 e. The van der Waals surface area contributed by atoms with Crippen LogP contribution in [0, 0.1) is 23.7 Å². The second-order valence-electron chi connectivity index (χ2n) is 21.9. The third-order valence-electron chi connectivity index (χ3n) is 14.9. The Balaban J connectivity index is 2.07. The van der Waals surface area contributed by atoms with Gasteiger partial charge in [0.2, 0.25) is 35.4 Å². The van der Waals surface area contributed by atoms with Gasteiger partial charge in [-0.1, -0.05) is 92.1 Å². The van der Waals surface area contributed by atoms with Crippen LogP contribution in [0.15, 0.2) is 30.3 Å². The highest BCUT2D eigenvalue weighted by Gasteiger charge is 2.44. The summed E-state index contributed by atoms with van der Waals surface area (Å²) in [5.41, 5.74) is 0.802. The maximum atomic E-state index is 14.5. The highest BCUT2D eigenvalue weighted by Crippen LogP contribution is 2.30. The second-order valence-corrected chi connectivity index (χ2v) is 21.9. The molecule has 456 valence electrons. The van der Waals surface area contributed by atoms with E-state index in [0.717, 1.165) is 5.56 Å². The van der Waals surface area contributed by atoms with Crippen molar-refractivity contribution in [2.75, 3.05) is 75.4 Å². The van der Waals surface area contributed by atoms with E-state index in [1.165, 1.54) is 28.3 Å². The summed E-state index contributed by atoms with van der Waals surface area (Å²) in [6.07, 6.45) is 0.111. The zero-order chi connectivity index (χ0) is 60.2. The number of carbonyl (C=O) groups excluding carboxylic acids is 8. The number of nitrogens with one attached hydrogen (secondary N) is 4. The molecule has 1 saturated heterocycles. The van der Waals surface area contributed by atoms with E-state index in [4.69, 9.17) is 28.4 Å². The van der Waals surface area contributed by atoms with Gasteiger partial charge in [-0.15, -0.1) is 0 Å². The van der Waals surface area contributed by atoms with Crippen molar-refractivity contribution in [2.24, 2.45) is 23.7 Å². The topological polar surface area (TPSA) is 270 Å². The molecule has 0 saturated carbocycles. The average molecular weight is 1130 g/mol. The lowest BCUT2D eigenvalue weighted by molar-refractivity contribution is -0.194. The standard InChI is InChI=1S/C58H99N7O15/c1-16-38(7)52(64(12)57(73)50(36(3)4)62-56(72)51(37(5)6)63(10)11)45(75-13)33-47(68)65-30-22-26-44(65)53(77-15)39(8)54(70)61-43(32-41-24-19-18-20-25-41)55(71)59-29-23-31-78-58(74)40(9)60-46(67)27-21-28-48(69)79-35-49(76-14)80-42(17-2)34-66/h18-20,24-25,36-40,42-45,49-53,66H,16-17,21-23,26-35H2,1-15H3,(H,59,71)(H,60,67)(H,61,70)(H,62,72)/t38-,39+,40+,42?,43-,44-,45+,49?,50-,51-,52-,53+/m0/s1. The number of methoxy groups -OCH3 is 3. The first-order valence-electron chi connectivity index (χ1n) is 28.5. The summed E-state index contributed by atoms with van der Waals surface area (Å²) in [7, 11) is 9.79. The van der Waals surface area contributed by atoms with Gasteiger partial charge in [-0.3, -0.25) is 38.5 Å². The molecule has 0 aromatic heterocycles. The van der Waals surface area contributed by atoms with Crippen LogP contribution < -0.4 is 21.3 Å². The molecule has 22 heteroatoms. The monoisotopic (exact) mass is 1130 g/mol. The third-order valence-corrected chi connectivity index (χ3v) is 14.9. The van der Waals surface area contributed by atoms with E-state index in [0.29, 0.717) is 32.2 Å². The van der Waals surface area contributed by atoms with Gasteiger partial charge in [-0.05, 0) is 76.4 Å². The minimum Gasteiger partial charge on any atom is -0.464 e. The summed E-state index contributed by atoms with van der Waals surface area (Å²) in [4.78, 5) is 113. The Hall–Kier alpha value is -5.26. The average Bonchev–Trinajstić information content (AvgIpc) is 3.92. The number of ether oxygens (including phenoxy) is 6. The fourth-order valence-electron chi connectivity index (χ4n) is 10.1.